The molecule has 0 rings (SSSR count). The van der Waals surface area contributed by atoms with Crippen molar-refractivity contribution in [3.63, 3.8) is 0 Å². The van der Waals surface area contributed by atoms with Gasteiger partial charge < -0.3 is 11.5 Å². The van der Waals surface area contributed by atoms with Crippen LogP contribution in [0, 0.1) is 10.8 Å². The smallest absolute Gasteiger partial charge is 0.0288 e. The maximum Gasteiger partial charge on any atom is 0.0288 e. The van der Waals surface area contributed by atoms with Crippen molar-refractivity contribution >= 4 is 0 Å². The molecule has 0 aliphatic heterocycles. The van der Waals surface area contributed by atoms with Crippen molar-refractivity contribution in [2.45, 2.75) is 59.9 Å². The van der Waals surface area contributed by atoms with E-state index in [0.29, 0.717) is 6.54 Å². The maximum atomic E-state index is 6.34. The molecule has 0 aromatic carbocycles. The topological polar surface area (TPSA) is 52.0 Å². The van der Waals surface area contributed by atoms with Crippen LogP contribution in [0.4, 0.5) is 0 Å². The van der Waals surface area contributed by atoms with E-state index < -0.39 is 0 Å². The van der Waals surface area contributed by atoms with Crippen molar-refractivity contribution in [1.82, 2.24) is 0 Å². The quantitative estimate of drug-likeness (QED) is 0.735. The zero-order valence-electron chi connectivity index (χ0n) is 10.8. The van der Waals surface area contributed by atoms with Gasteiger partial charge in [0.1, 0.15) is 0 Å². The lowest BCUT2D eigenvalue weighted by molar-refractivity contribution is 0.189. The second-order valence-electron chi connectivity index (χ2n) is 7.04. The highest BCUT2D eigenvalue weighted by molar-refractivity contribution is 4.92. The molecule has 0 aromatic rings. The summed E-state index contributed by atoms with van der Waals surface area (Å²) in [5.41, 5.74) is 12.4. The van der Waals surface area contributed by atoms with Crippen LogP contribution in [-0.2, 0) is 0 Å². The molecule has 0 radical (unpaired) electrons. The number of hydrogen-bond acceptors (Lipinski definition) is 2. The van der Waals surface area contributed by atoms with Crippen molar-refractivity contribution in [2.75, 3.05) is 6.54 Å². The van der Waals surface area contributed by atoms with Gasteiger partial charge in [0, 0.05) is 12.1 Å². The molecule has 0 amide bonds. The summed E-state index contributed by atoms with van der Waals surface area (Å²) in [6, 6.07) is 0. The third-order valence-corrected chi connectivity index (χ3v) is 2.17. The predicted molar refractivity (Wildman–Crippen MR) is 64.1 cm³/mol. The van der Waals surface area contributed by atoms with Crippen LogP contribution in [0.2, 0.25) is 0 Å². The highest BCUT2D eigenvalue weighted by atomic mass is 14.8. The predicted octanol–water partition coefficient (Wildman–Crippen LogP) is 2.52. The van der Waals surface area contributed by atoms with E-state index in [2.05, 4.69) is 41.5 Å². The second kappa shape index (κ2) is 4.19. The van der Waals surface area contributed by atoms with E-state index in [1.807, 2.05) is 0 Å². The Morgan fingerprint density at radius 3 is 1.21 bits per heavy atom. The van der Waals surface area contributed by atoms with Crippen LogP contribution in [-0.4, -0.2) is 12.1 Å². The summed E-state index contributed by atoms with van der Waals surface area (Å²) < 4.78 is 0. The SMILES string of the molecule is CC(C)(C)CC(N)(CN)CC(C)(C)C. The van der Waals surface area contributed by atoms with Gasteiger partial charge in [-0.3, -0.25) is 0 Å². The molecular weight excluding hydrogens is 172 g/mol. The fourth-order valence-corrected chi connectivity index (χ4v) is 2.32. The lowest BCUT2D eigenvalue weighted by Gasteiger charge is -2.39. The summed E-state index contributed by atoms with van der Waals surface area (Å²) in [6.45, 7) is 13.9. The Kier molecular flexibility index (Phi) is 4.17. The van der Waals surface area contributed by atoms with Crippen LogP contribution in [0.1, 0.15) is 54.4 Å². The van der Waals surface area contributed by atoms with Gasteiger partial charge in [0.05, 0.1) is 0 Å². The molecule has 0 bridgehead atoms. The molecule has 0 aliphatic carbocycles. The highest BCUT2D eigenvalue weighted by Crippen LogP contribution is 2.33. The van der Waals surface area contributed by atoms with Crippen LogP contribution in [0.5, 0.6) is 0 Å². The summed E-state index contributed by atoms with van der Waals surface area (Å²) >= 11 is 0. The van der Waals surface area contributed by atoms with Gasteiger partial charge in [-0.1, -0.05) is 41.5 Å². The van der Waals surface area contributed by atoms with Crippen LogP contribution in [0.15, 0.2) is 0 Å². The van der Waals surface area contributed by atoms with E-state index in [0.717, 1.165) is 12.8 Å². The molecule has 0 atom stereocenters. The van der Waals surface area contributed by atoms with Crippen LogP contribution < -0.4 is 11.5 Å². The molecule has 2 nitrogen and oxygen atoms in total. The fraction of sp³-hybridized carbons (Fsp3) is 1.00. The lowest BCUT2D eigenvalue weighted by atomic mass is 9.72. The molecule has 0 saturated carbocycles. The van der Waals surface area contributed by atoms with E-state index in [1.165, 1.54) is 0 Å². The molecule has 0 fully saturated rings. The van der Waals surface area contributed by atoms with Crippen LogP contribution in [0.25, 0.3) is 0 Å². The molecule has 4 N–H and O–H groups in total. The molecular formula is C12H28N2. The Bertz CT molecular complexity index is 156. The largest absolute Gasteiger partial charge is 0.329 e. The van der Waals surface area contributed by atoms with Crippen molar-refractivity contribution in [3.8, 4) is 0 Å². The van der Waals surface area contributed by atoms with Crippen LogP contribution in [0.3, 0.4) is 0 Å². The summed E-state index contributed by atoms with van der Waals surface area (Å²) in [4.78, 5) is 0. The molecule has 14 heavy (non-hydrogen) atoms. The Labute approximate surface area is 89.4 Å². The van der Waals surface area contributed by atoms with E-state index in [-0.39, 0.29) is 16.4 Å². The standard InChI is InChI=1S/C12H28N2/c1-10(2,3)7-12(14,9-13)8-11(4,5)6/h7-9,13-14H2,1-6H3. The number of rotatable bonds is 3. The van der Waals surface area contributed by atoms with Gasteiger partial charge in [-0.2, -0.15) is 0 Å². The second-order valence-corrected chi connectivity index (χ2v) is 7.04. The Morgan fingerprint density at radius 1 is 0.786 bits per heavy atom. The summed E-state index contributed by atoms with van der Waals surface area (Å²) in [7, 11) is 0. The average molecular weight is 200 g/mol. The normalized spacial score (nSPS) is 14.6. The first-order valence-electron chi connectivity index (χ1n) is 5.46. The van der Waals surface area contributed by atoms with Crippen molar-refractivity contribution in [2.24, 2.45) is 22.3 Å². The van der Waals surface area contributed by atoms with Gasteiger partial charge in [-0.15, -0.1) is 0 Å². The lowest BCUT2D eigenvalue weighted by Crippen LogP contribution is -2.51. The molecule has 0 spiro atoms. The van der Waals surface area contributed by atoms with Gasteiger partial charge in [-0.05, 0) is 23.7 Å². The maximum absolute atomic E-state index is 6.34. The summed E-state index contributed by atoms with van der Waals surface area (Å²) in [6.07, 6.45) is 1.96. The van der Waals surface area contributed by atoms with E-state index in [4.69, 9.17) is 11.5 Å². The fourth-order valence-electron chi connectivity index (χ4n) is 2.32. The molecule has 0 heterocycles. The third kappa shape index (κ3) is 6.39. The number of nitrogens with two attached hydrogens (primary N) is 2. The average Bonchev–Trinajstić information content (AvgIpc) is 1.78. The minimum Gasteiger partial charge on any atom is -0.329 e. The monoisotopic (exact) mass is 200 g/mol. The van der Waals surface area contributed by atoms with Gasteiger partial charge in [0.15, 0.2) is 0 Å². The zero-order chi connectivity index (χ0) is 11.6. The van der Waals surface area contributed by atoms with Crippen molar-refractivity contribution in [3.05, 3.63) is 0 Å². The van der Waals surface area contributed by atoms with E-state index in [1.54, 1.807) is 0 Å². The van der Waals surface area contributed by atoms with E-state index >= 15 is 0 Å². The molecule has 2 heteroatoms. The van der Waals surface area contributed by atoms with E-state index in [9.17, 15) is 0 Å². The first-order valence-corrected chi connectivity index (χ1v) is 5.46. The minimum atomic E-state index is -0.212. The van der Waals surface area contributed by atoms with Gasteiger partial charge in [0.25, 0.3) is 0 Å². The molecule has 0 aromatic heterocycles. The minimum absolute atomic E-state index is 0.212. The number of hydrogen-bond donors (Lipinski definition) is 2. The first kappa shape index (κ1) is 13.9. The van der Waals surface area contributed by atoms with Gasteiger partial charge in [-0.25, -0.2) is 0 Å². The highest BCUT2D eigenvalue weighted by Gasteiger charge is 2.33. The van der Waals surface area contributed by atoms with Crippen molar-refractivity contribution in [1.29, 1.82) is 0 Å². The summed E-state index contributed by atoms with van der Waals surface area (Å²) in [5, 5.41) is 0. The van der Waals surface area contributed by atoms with Gasteiger partial charge >= 0.3 is 0 Å². The Morgan fingerprint density at radius 2 is 1.07 bits per heavy atom. The summed E-state index contributed by atoms with van der Waals surface area (Å²) in [5.74, 6) is 0. The Balaban J connectivity index is 4.49. The third-order valence-electron chi connectivity index (χ3n) is 2.17. The molecule has 0 saturated heterocycles. The molecule has 0 unspecified atom stereocenters. The van der Waals surface area contributed by atoms with Crippen molar-refractivity contribution < 1.29 is 0 Å². The van der Waals surface area contributed by atoms with Crippen LogP contribution >= 0.6 is 0 Å². The zero-order valence-corrected chi connectivity index (χ0v) is 10.8. The molecule has 0 aliphatic rings. The van der Waals surface area contributed by atoms with Gasteiger partial charge in [0.2, 0.25) is 0 Å². The Hall–Kier alpha value is -0.0800. The first-order chi connectivity index (χ1) is 5.97. The molecule has 86 valence electrons.